The highest BCUT2D eigenvalue weighted by Gasteiger charge is 2.52. The maximum absolute atomic E-state index is 12.4. The van der Waals surface area contributed by atoms with Crippen LogP contribution in [0.15, 0.2) is 36.9 Å². The van der Waals surface area contributed by atoms with Gasteiger partial charge in [-0.05, 0) is 37.0 Å². The van der Waals surface area contributed by atoms with E-state index in [9.17, 15) is 14.4 Å². The van der Waals surface area contributed by atoms with Gasteiger partial charge in [0.05, 0.1) is 0 Å². The predicted octanol–water partition coefficient (Wildman–Crippen LogP) is 2.40. The fourth-order valence-corrected chi connectivity index (χ4v) is 2.71. The molecule has 2 N–H and O–H groups in total. The molecule has 1 aromatic carbocycles. The van der Waals surface area contributed by atoms with E-state index in [0.717, 1.165) is 5.56 Å². The average Bonchev–Trinajstić information content (AvgIpc) is 2.69. The summed E-state index contributed by atoms with van der Waals surface area (Å²) in [4.78, 5) is 36.9. The Hall–Kier alpha value is -2.43. The number of benzene rings is 1. The van der Waals surface area contributed by atoms with Crippen molar-refractivity contribution in [3.05, 3.63) is 42.5 Å². The molecule has 2 amide bonds. The summed E-state index contributed by atoms with van der Waals surface area (Å²) in [7, 11) is 0. The third-order valence-corrected chi connectivity index (χ3v) is 4.10. The number of amides is 2. The van der Waals surface area contributed by atoms with Crippen molar-refractivity contribution in [3.8, 4) is 0 Å². The van der Waals surface area contributed by atoms with Crippen molar-refractivity contribution < 1.29 is 14.4 Å². The number of hydrogen-bond acceptors (Lipinski definition) is 3. The predicted molar refractivity (Wildman–Crippen MR) is 89.0 cm³/mol. The van der Waals surface area contributed by atoms with Crippen molar-refractivity contribution >= 4 is 23.3 Å². The van der Waals surface area contributed by atoms with E-state index in [1.807, 2.05) is 18.2 Å². The number of Topliss-reactive ketones (excluding diaryl/α,β-unsaturated/α-hetero) is 1. The second kappa shape index (κ2) is 6.36. The summed E-state index contributed by atoms with van der Waals surface area (Å²) >= 11 is 0. The maximum Gasteiger partial charge on any atom is 0.244 e. The van der Waals surface area contributed by atoms with E-state index in [2.05, 4.69) is 31.1 Å². The smallest absolute Gasteiger partial charge is 0.244 e. The Morgan fingerprint density at radius 2 is 2.13 bits per heavy atom. The molecular weight excluding hydrogens is 292 g/mol. The van der Waals surface area contributed by atoms with Gasteiger partial charge in [0.1, 0.15) is 5.54 Å². The molecule has 1 aliphatic heterocycles. The lowest BCUT2D eigenvalue weighted by molar-refractivity contribution is -0.135. The Morgan fingerprint density at radius 3 is 2.74 bits per heavy atom. The Bertz CT molecular complexity index is 666. The summed E-state index contributed by atoms with van der Waals surface area (Å²) in [6.45, 7) is 9.30. The quantitative estimate of drug-likeness (QED) is 0.647. The van der Waals surface area contributed by atoms with Gasteiger partial charge in [0.25, 0.3) is 0 Å². The number of carbonyl (C=O) groups is 3. The van der Waals surface area contributed by atoms with Crippen LogP contribution >= 0.6 is 0 Å². The van der Waals surface area contributed by atoms with Gasteiger partial charge >= 0.3 is 0 Å². The van der Waals surface area contributed by atoms with E-state index in [0.29, 0.717) is 18.0 Å². The molecule has 2 unspecified atom stereocenters. The van der Waals surface area contributed by atoms with Gasteiger partial charge < -0.3 is 10.6 Å². The van der Waals surface area contributed by atoms with Gasteiger partial charge in [-0.25, -0.2) is 0 Å². The zero-order valence-corrected chi connectivity index (χ0v) is 13.7. The summed E-state index contributed by atoms with van der Waals surface area (Å²) in [6.07, 6.45) is 1.86. The van der Waals surface area contributed by atoms with Gasteiger partial charge in [-0.2, -0.15) is 0 Å². The first-order valence-corrected chi connectivity index (χ1v) is 7.66. The van der Waals surface area contributed by atoms with Crippen LogP contribution in [0.25, 0.3) is 0 Å². The fourth-order valence-electron chi connectivity index (χ4n) is 2.71. The summed E-state index contributed by atoms with van der Waals surface area (Å²) < 4.78 is 0. The lowest BCUT2D eigenvalue weighted by Gasteiger charge is -2.19. The van der Waals surface area contributed by atoms with Crippen LogP contribution in [-0.4, -0.2) is 23.1 Å². The SMILES string of the molecule is C=CCC1(C)NC(=O)C(C(=O)Nc2cccc(C(C)C)c2)C1=O. The second-order valence-electron chi connectivity index (χ2n) is 6.38. The van der Waals surface area contributed by atoms with E-state index in [-0.39, 0.29) is 0 Å². The molecule has 23 heavy (non-hydrogen) atoms. The Morgan fingerprint density at radius 1 is 1.43 bits per heavy atom. The zero-order chi connectivity index (χ0) is 17.2. The first-order chi connectivity index (χ1) is 10.8. The van der Waals surface area contributed by atoms with Gasteiger partial charge in [0.2, 0.25) is 11.8 Å². The van der Waals surface area contributed by atoms with Crippen LogP contribution in [-0.2, 0) is 14.4 Å². The van der Waals surface area contributed by atoms with Crippen LogP contribution in [0.5, 0.6) is 0 Å². The van der Waals surface area contributed by atoms with Crippen molar-refractivity contribution in [2.45, 2.75) is 38.6 Å². The van der Waals surface area contributed by atoms with Crippen molar-refractivity contribution in [3.63, 3.8) is 0 Å². The number of carbonyl (C=O) groups excluding carboxylic acids is 3. The molecule has 0 radical (unpaired) electrons. The molecule has 1 aromatic rings. The van der Waals surface area contributed by atoms with Crippen LogP contribution in [0.4, 0.5) is 5.69 Å². The van der Waals surface area contributed by atoms with Crippen LogP contribution in [0.3, 0.4) is 0 Å². The summed E-state index contributed by atoms with van der Waals surface area (Å²) in [6, 6.07) is 7.39. The van der Waals surface area contributed by atoms with E-state index in [1.165, 1.54) is 0 Å². The van der Waals surface area contributed by atoms with Crippen LogP contribution < -0.4 is 10.6 Å². The molecule has 1 saturated heterocycles. The molecule has 1 heterocycles. The molecule has 2 atom stereocenters. The molecule has 1 aliphatic rings. The largest absolute Gasteiger partial charge is 0.342 e. The van der Waals surface area contributed by atoms with Gasteiger partial charge in [0, 0.05) is 5.69 Å². The van der Waals surface area contributed by atoms with Crippen molar-refractivity contribution in [1.82, 2.24) is 5.32 Å². The first kappa shape index (κ1) is 16.9. The Balaban J connectivity index is 2.18. The minimum Gasteiger partial charge on any atom is -0.342 e. The molecule has 122 valence electrons. The summed E-state index contributed by atoms with van der Waals surface area (Å²) in [5.41, 5.74) is 0.598. The highest BCUT2D eigenvalue weighted by molar-refractivity contribution is 6.27. The number of rotatable bonds is 5. The molecule has 5 nitrogen and oxygen atoms in total. The van der Waals surface area contributed by atoms with Gasteiger partial charge in [-0.15, -0.1) is 6.58 Å². The lowest BCUT2D eigenvalue weighted by Crippen LogP contribution is -2.43. The topological polar surface area (TPSA) is 75.3 Å². The van der Waals surface area contributed by atoms with E-state index in [4.69, 9.17) is 0 Å². The third-order valence-electron chi connectivity index (χ3n) is 4.10. The Labute approximate surface area is 136 Å². The average molecular weight is 314 g/mol. The molecule has 0 aliphatic carbocycles. The van der Waals surface area contributed by atoms with Crippen LogP contribution in [0.1, 0.15) is 38.7 Å². The molecule has 0 aromatic heterocycles. The number of ketones is 1. The van der Waals surface area contributed by atoms with Gasteiger partial charge in [-0.3, -0.25) is 14.4 Å². The van der Waals surface area contributed by atoms with Gasteiger partial charge in [0.15, 0.2) is 11.7 Å². The van der Waals surface area contributed by atoms with Gasteiger partial charge in [-0.1, -0.05) is 32.1 Å². The van der Waals surface area contributed by atoms with E-state index in [1.54, 1.807) is 19.1 Å². The minimum absolute atomic E-state index is 0.296. The molecule has 5 heteroatoms. The van der Waals surface area contributed by atoms with Crippen LogP contribution in [0.2, 0.25) is 0 Å². The molecule has 2 rings (SSSR count). The maximum atomic E-state index is 12.4. The molecule has 0 saturated carbocycles. The van der Waals surface area contributed by atoms with Crippen molar-refractivity contribution in [1.29, 1.82) is 0 Å². The van der Waals surface area contributed by atoms with E-state index < -0.39 is 29.1 Å². The summed E-state index contributed by atoms with van der Waals surface area (Å²) in [5, 5.41) is 5.28. The van der Waals surface area contributed by atoms with Crippen LogP contribution in [0, 0.1) is 5.92 Å². The van der Waals surface area contributed by atoms with Crippen molar-refractivity contribution in [2.24, 2.45) is 5.92 Å². The first-order valence-electron chi connectivity index (χ1n) is 7.66. The highest BCUT2D eigenvalue weighted by Crippen LogP contribution is 2.26. The Kier molecular flexibility index (Phi) is 4.68. The zero-order valence-electron chi connectivity index (χ0n) is 13.7. The number of anilines is 1. The minimum atomic E-state index is -1.32. The molecule has 0 bridgehead atoms. The van der Waals surface area contributed by atoms with Crippen molar-refractivity contribution in [2.75, 3.05) is 5.32 Å². The normalized spacial score (nSPS) is 23.7. The number of nitrogens with one attached hydrogen (secondary N) is 2. The molecule has 1 fully saturated rings. The summed E-state index contributed by atoms with van der Waals surface area (Å²) in [5.74, 6) is -2.57. The third kappa shape index (κ3) is 3.33. The van der Waals surface area contributed by atoms with E-state index >= 15 is 0 Å². The lowest BCUT2D eigenvalue weighted by atomic mass is 9.89. The monoisotopic (exact) mass is 314 g/mol. The highest BCUT2D eigenvalue weighted by atomic mass is 16.2. The fraction of sp³-hybridized carbons (Fsp3) is 0.389. The second-order valence-corrected chi connectivity index (χ2v) is 6.38. The standard InChI is InChI=1S/C18H22N2O3/c1-5-9-18(4)15(21)14(17(23)20-18)16(22)19-13-8-6-7-12(10-13)11(2)3/h5-8,10-11,14H,1,9H2,2-4H3,(H,19,22)(H,20,23). The molecular formula is C18H22N2O3. The molecule has 0 spiro atoms. The number of hydrogen-bond donors (Lipinski definition) is 2.